The lowest BCUT2D eigenvalue weighted by atomic mass is 9.83. The van der Waals surface area contributed by atoms with Crippen LogP contribution in [0.1, 0.15) is 5.56 Å². The van der Waals surface area contributed by atoms with Crippen molar-refractivity contribution in [3.8, 4) is 12.3 Å². The highest BCUT2D eigenvalue weighted by atomic mass is 19.1. The van der Waals surface area contributed by atoms with Crippen molar-refractivity contribution in [2.45, 2.75) is 5.60 Å². The first kappa shape index (κ1) is 10.7. The fourth-order valence-corrected chi connectivity index (χ4v) is 1.79. The van der Waals surface area contributed by atoms with Crippen molar-refractivity contribution in [1.82, 2.24) is 0 Å². The summed E-state index contributed by atoms with van der Waals surface area (Å²) in [6.45, 7) is 0. The maximum atomic E-state index is 12.8. The second kappa shape index (κ2) is 3.96. The maximum absolute atomic E-state index is 12.8. The lowest BCUT2D eigenvalue weighted by molar-refractivity contribution is 0.0741. The van der Waals surface area contributed by atoms with Gasteiger partial charge in [-0.1, -0.05) is 42.4 Å². The Balaban J connectivity index is 2.42. The van der Waals surface area contributed by atoms with E-state index >= 15 is 0 Å². The molecule has 2 rings (SSSR count). The van der Waals surface area contributed by atoms with E-state index in [-0.39, 0.29) is 11.7 Å². The second-order valence-electron chi connectivity index (χ2n) is 3.71. The predicted octanol–water partition coefficient (Wildman–Crippen LogP) is 2.39. The standard InChI is InChI=1S/C14H11FO/c1-2-14(16,11-5-3-4-6-11)12-7-9-13(15)10-8-12/h1,3-11,16H. The second-order valence-corrected chi connectivity index (χ2v) is 3.71. The van der Waals surface area contributed by atoms with E-state index in [0.29, 0.717) is 5.56 Å². The van der Waals surface area contributed by atoms with Gasteiger partial charge in [0.15, 0.2) is 5.60 Å². The molecule has 80 valence electrons. The smallest absolute Gasteiger partial charge is 0.160 e. The molecule has 1 unspecified atom stereocenters. The molecule has 0 fully saturated rings. The molecule has 0 aliphatic heterocycles. The normalized spacial score (nSPS) is 18.3. The van der Waals surface area contributed by atoms with Crippen LogP contribution in [0.15, 0.2) is 48.6 Å². The Morgan fingerprint density at radius 2 is 1.75 bits per heavy atom. The number of halogens is 1. The van der Waals surface area contributed by atoms with Crippen LogP contribution in [0, 0.1) is 24.1 Å². The molecule has 0 bridgehead atoms. The highest BCUT2D eigenvalue weighted by Gasteiger charge is 2.34. The van der Waals surface area contributed by atoms with Crippen LogP contribution in [0.5, 0.6) is 0 Å². The number of benzene rings is 1. The van der Waals surface area contributed by atoms with E-state index in [1.807, 2.05) is 24.3 Å². The van der Waals surface area contributed by atoms with Crippen LogP contribution in [0.4, 0.5) is 4.39 Å². The Morgan fingerprint density at radius 3 is 2.25 bits per heavy atom. The van der Waals surface area contributed by atoms with Gasteiger partial charge in [-0.2, -0.15) is 0 Å². The molecule has 0 aromatic heterocycles. The van der Waals surface area contributed by atoms with Crippen LogP contribution in [-0.2, 0) is 5.60 Å². The molecule has 0 radical (unpaired) electrons. The largest absolute Gasteiger partial charge is 0.372 e. The first-order valence-electron chi connectivity index (χ1n) is 4.98. The zero-order valence-corrected chi connectivity index (χ0v) is 8.60. The minimum atomic E-state index is -1.41. The molecule has 0 saturated heterocycles. The molecule has 0 heterocycles. The third kappa shape index (κ3) is 1.66. The maximum Gasteiger partial charge on any atom is 0.160 e. The minimum absolute atomic E-state index is 0.261. The van der Waals surface area contributed by atoms with Gasteiger partial charge in [-0.15, -0.1) is 6.42 Å². The quantitative estimate of drug-likeness (QED) is 0.749. The molecule has 1 aliphatic carbocycles. The van der Waals surface area contributed by atoms with Crippen molar-refractivity contribution in [3.63, 3.8) is 0 Å². The number of rotatable bonds is 2. The van der Waals surface area contributed by atoms with Crippen LogP contribution in [0.3, 0.4) is 0 Å². The van der Waals surface area contributed by atoms with Gasteiger partial charge in [0.05, 0.1) is 0 Å². The molecule has 0 amide bonds. The summed E-state index contributed by atoms with van der Waals surface area (Å²) in [6.07, 6.45) is 12.7. The van der Waals surface area contributed by atoms with Gasteiger partial charge in [0.25, 0.3) is 0 Å². The van der Waals surface area contributed by atoms with E-state index in [2.05, 4.69) is 5.92 Å². The van der Waals surface area contributed by atoms with Crippen LogP contribution in [-0.4, -0.2) is 5.11 Å². The third-order valence-electron chi connectivity index (χ3n) is 2.73. The summed E-state index contributed by atoms with van der Waals surface area (Å²) >= 11 is 0. The van der Waals surface area contributed by atoms with Gasteiger partial charge in [-0.3, -0.25) is 0 Å². The van der Waals surface area contributed by atoms with E-state index in [9.17, 15) is 9.50 Å². The fourth-order valence-electron chi connectivity index (χ4n) is 1.79. The number of allylic oxidation sites excluding steroid dienone is 2. The molecular weight excluding hydrogens is 203 g/mol. The topological polar surface area (TPSA) is 20.2 Å². The number of hydrogen-bond donors (Lipinski definition) is 1. The van der Waals surface area contributed by atoms with E-state index in [0.717, 1.165) is 0 Å². The molecule has 16 heavy (non-hydrogen) atoms. The zero-order valence-electron chi connectivity index (χ0n) is 8.60. The predicted molar refractivity (Wildman–Crippen MR) is 60.9 cm³/mol. The molecule has 1 aromatic carbocycles. The number of aliphatic hydroxyl groups is 1. The summed E-state index contributed by atoms with van der Waals surface area (Å²) in [5.74, 6) is 1.78. The summed E-state index contributed by atoms with van der Waals surface area (Å²) in [7, 11) is 0. The molecule has 1 aliphatic rings. The van der Waals surface area contributed by atoms with E-state index in [1.54, 1.807) is 0 Å². The molecule has 1 N–H and O–H groups in total. The van der Waals surface area contributed by atoms with Crippen molar-refractivity contribution in [2.24, 2.45) is 5.92 Å². The third-order valence-corrected chi connectivity index (χ3v) is 2.73. The highest BCUT2D eigenvalue weighted by Crippen LogP contribution is 2.33. The first-order chi connectivity index (χ1) is 7.66. The average Bonchev–Trinajstić information content (AvgIpc) is 2.83. The average molecular weight is 214 g/mol. The Kier molecular flexibility index (Phi) is 2.64. The van der Waals surface area contributed by atoms with E-state index < -0.39 is 5.60 Å². The van der Waals surface area contributed by atoms with Gasteiger partial charge in [0.2, 0.25) is 0 Å². The monoisotopic (exact) mass is 214 g/mol. The van der Waals surface area contributed by atoms with Crippen LogP contribution >= 0.6 is 0 Å². The van der Waals surface area contributed by atoms with Crippen LogP contribution in [0.2, 0.25) is 0 Å². The Hall–Kier alpha value is -1.85. The molecule has 0 saturated carbocycles. The Morgan fingerprint density at radius 1 is 1.19 bits per heavy atom. The SMILES string of the molecule is C#CC(O)(c1ccc(F)cc1)C1C=CC=C1. The first-order valence-corrected chi connectivity index (χ1v) is 4.98. The van der Waals surface area contributed by atoms with E-state index in [4.69, 9.17) is 6.42 Å². The van der Waals surface area contributed by atoms with Gasteiger partial charge in [-0.05, 0) is 17.7 Å². The van der Waals surface area contributed by atoms with Crippen molar-refractivity contribution >= 4 is 0 Å². The summed E-state index contributed by atoms with van der Waals surface area (Å²) in [4.78, 5) is 0. The fraction of sp³-hybridized carbons (Fsp3) is 0.143. The molecular formula is C14H11FO. The minimum Gasteiger partial charge on any atom is -0.372 e. The molecule has 0 spiro atoms. The molecule has 1 atom stereocenters. The van der Waals surface area contributed by atoms with Crippen molar-refractivity contribution < 1.29 is 9.50 Å². The summed E-state index contributed by atoms with van der Waals surface area (Å²) in [6, 6.07) is 5.60. The van der Waals surface area contributed by atoms with Crippen LogP contribution < -0.4 is 0 Å². The molecule has 1 aromatic rings. The summed E-state index contributed by atoms with van der Waals surface area (Å²) < 4.78 is 12.8. The van der Waals surface area contributed by atoms with Gasteiger partial charge in [0.1, 0.15) is 5.82 Å². The van der Waals surface area contributed by atoms with Crippen molar-refractivity contribution in [1.29, 1.82) is 0 Å². The number of hydrogen-bond acceptors (Lipinski definition) is 1. The summed E-state index contributed by atoms with van der Waals surface area (Å²) in [5, 5.41) is 10.4. The highest BCUT2D eigenvalue weighted by molar-refractivity contribution is 5.38. The van der Waals surface area contributed by atoms with Crippen molar-refractivity contribution in [3.05, 3.63) is 60.0 Å². The van der Waals surface area contributed by atoms with Gasteiger partial charge < -0.3 is 5.11 Å². The van der Waals surface area contributed by atoms with Gasteiger partial charge >= 0.3 is 0 Å². The van der Waals surface area contributed by atoms with Crippen LogP contribution in [0.25, 0.3) is 0 Å². The zero-order chi connectivity index (χ0) is 11.6. The Bertz CT molecular complexity index is 466. The Labute approximate surface area is 93.9 Å². The number of terminal acetylenes is 1. The lowest BCUT2D eigenvalue weighted by Crippen LogP contribution is -2.30. The van der Waals surface area contributed by atoms with E-state index in [1.165, 1.54) is 24.3 Å². The summed E-state index contributed by atoms with van der Waals surface area (Å²) in [5.41, 5.74) is -0.880. The molecule has 2 heteroatoms. The lowest BCUT2D eigenvalue weighted by Gasteiger charge is -2.27. The molecule has 1 nitrogen and oxygen atoms in total. The van der Waals surface area contributed by atoms with Gasteiger partial charge in [-0.25, -0.2) is 4.39 Å². The van der Waals surface area contributed by atoms with Crippen molar-refractivity contribution in [2.75, 3.05) is 0 Å². The van der Waals surface area contributed by atoms with Gasteiger partial charge in [0, 0.05) is 5.92 Å².